The summed E-state index contributed by atoms with van der Waals surface area (Å²) in [6.45, 7) is 2.76. The molecule has 21 heavy (non-hydrogen) atoms. The quantitative estimate of drug-likeness (QED) is 0.877. The molecule has 0 aromatic carbocycles. The summed E-state index contributed by atoms with van der Waals surface area (Å²) < 4.78 is 6.88. The van der Waals surface area contributed by atoms with Gasteiger partial charge in [0, 0.05) is 25.0 Å². The molecule has 0 aliphatic heterocycles. The number of primary amides is 1. The van der Waals surface area contributed by atoms with E-state index in [1.807, 2.05) is 6.92 Å². The Kier molecular flexibility index (Phi) is 4.59. The lowest BCUT2D eigenvalue weighted by Gasteiger charge is -2.11. The van der Waals surface area contributed by atoms with Crippen LogP contribution in [0, 0.1) is 5.41 Å². The highest BCUT2D eigenvalue weighted by molar-refractivity contribution is 6.30. The molecule has 3 N–H and O–H groups in total. The van der Waals surface area contributed by atoms with Gasteiger partial charge in [-0.15, -0.1) is 0 Å². The van der Waals surface area contributed by atoms with Gasteiger partial charge < -0.3 is 15.0 Å². The number of hydrogen-bond acceptors (Lipinski definition) is 4. The number of amides is 1. The number of nitrogens with zero attached hydrogens (tertiary/aromatic N) is 2. The molecule has 0 radical (unpaired) electrons. The van der Waals surface area contributed by atoms with Gasteiger partial charge in [-0.25, -0.2) is 4.98 Å². The molecular weight excluding hydrogens is 292 g/mol. The van der Waals surface area contributed by atoms with Crippen molar-refractivity contribution < 1.29 is 9.53 Å². The number of nitrogens with one attached hydrogen (secondary N) is 1. The van der Waals surface area contributed by atoms with E-state index in [2.05, 4.69) is 4.98 Å². The Bertz CT molecular complexity index is 727. The minimum absolute atomic E-state index is 0.0154. The molecule has 0 fully saturated rings. The molecule has 2 aromatic rings. The highest BCUT2D eigenvalue weighted by atomic mass is 35.5. The van der Waals surface area contributed by atoms with Crippen LogP contribution in [0.4, 0.5) is 0 Å². The molecule has 0 aliphatic carbocycles. The third kappa shape index (κ3) is 3.61. The zero-order valence-corrected chi connectivity index (χ0v) is 12.2. The molecule has 7 heteroatoms. The average Bonchev–Trinajstić information content (AvgIpc) is 2.43. The minimum Gasteiger partial charge on any atom is -0.478 e. The summed E-state index contributed by atoms with van der Waals surface area (Å²) in [5.41, 5.74) is 6.23. The fraction of sp³-hybridized carbons (Fsp3) is 0.214. The van der Waals surface area contributed by atoms with Crippen molar-refractivity contribution in [2.45, 2.75) is 13.5 Å². The molecule has 0 saturated heterocycles. The minimum atomic E-state index is -0.680. The first kappa shape index (κ1) is 15.1. The van der Waals surface area contributed by atoms with Crippen molar-refractivity contribution in [2.24, 2.45) is 5.73 Å². The van der Waals surface area contributed by atoms with Gasteiger partial charge in [0.05, 0.1) is 17.2 Å². The van der Waals surface area contributed by atoms with Crippen LogP contribution in [0.25, 0.3) is 0 Å². The topological polar surface area (TPSA) is 94.0 Å². The van der Waals surface area contributed by atoms with Gasteiger partial charge in [-0.2, -0.15) is 0 Å². The first-order valence-electron chi connectivity index (χ1n) is 6.33. The molecule has 1 amide bonds. The normalized spacial score (nSPS) is 10.4. The second kappa shape index (κ2) is 6.41. The number of halogens is 1. The van der Waals surface area contributed by atoms with Gasteiger partial charge in [0.1, 0.15) is 5.49 Å². The monoisotopic (exact) mass is 306 g/mol. The molecule has 6 nitrogen and oxygen atoms in total. The summed E-state index contributed by atoms with van der Waals surface area (Å²) in [6.07, 6.45) is 3.21. The molecule has 0 bridgehead atoms. The van der Waals surface area contributed by atoms with Gasteiger partial charge in [-0.05, 0) is 24.6 Å². The number of rotatable bonds is 5. The van der Waals surface area contributed by atoms with Crippen LogP contribution in [0.5, 0.6) is 5.88 Å². The number of aromatic nitrogens is 2. The molecule has 0 unspecified atom stereocenters. The van der Waals surface area contributed by atoms with Crippen molar-refractivity contribution >= 4 is 17.5 Å². The summed E-state index contributed by atoms with van der Waals surface area (Å²) in [5, 5.41) is 8.36. The maximum atomic E-state index is 11.3. The molecular formula is C14H15ClN4O2. The number of pyridine rings is 2. The van der Waals surface area contributed by atoms with Crippen LogP contribution in [-0.4, -0.2) is 22.1 Å². The fourth-order valence-corrected chi connectivity index (χ4v) is 2.12. The fourth-order valence-electron chi connectivity index (χ4n) is 1.90. The predicted octanol–water partition coefficient (Wildman–Crippen LogP) is 1.56. The van der Waals surface area contributed by atoms with E-state index >= 15 is 0 Å². The lowest BCUT2D eigenvalue weighted by Crippen LogP contribution is -2.29. The van der Waals surface area contributed by atoms with E-state index in [1.165, 1.54) is 6.07 Å². The van der Waals surface area contributed by atoms with Crippen LogP contribution < -0.4 is 16.0 Å². The van der Waals surface area contributed by atoms with Crippen LogP contribution in [0.2, 0.25) is 5.02 Å². The summed E-state index contributed by atoms with van der Waals surface area (Å²) in [4.78, 5) is 15.4. The Labute approximate surface area is 126 Å². The van der Waals surface area contributed by atoms with Gasteiger partial charge in [0.25, 0.3) is 5.91 Å². The van der Waals surface area contributed by atoms with Crippen molar-refractivity contribution in [3.63, 3.8) is 0 Å². The predicted molar refractivity (Wildman–Crippen MR) is 78.3 cm³/mol. The lowest BCUT2D eigenvalue weighted by molar-refractivity contribution is 0.0998. The van der Waals surface area contributed by atoms with Crippen molar-refractivity contribution in [3.05, 3.63) is 52.2 Å². The zero-order chi connectivity index (χ0) is 15.4. The first-order chi connectivity index (χ1) is 10.0. The number of nitrogens with two attached hydrogens (primary N) is 1. The van der Waals surface area contributed by atoms with Gasteiger partial charge in [0.15, 0.2) is 0 Å². The van der Waals surface area contributed by atoms with Crippen molar-refractivity contribution in [3.8, 4) is 5.88 Å². The molecule has 110 valence electrons. The Balaban J connectivity index is 2.38. The van der Waals surface area contributed by atoms with Gasteiger partial charge >= 0.3 is 0 Å². The van der Waals surface area contributed by atoms with Crippen LogP contribution in [-0.2, 0) is 6.54 Å². The molecule has 0 atom stereocenters. The van der Waals surface area contributed by atoms with E-state index in [0.29, 0.717) is 24.1 Å². The largest absolute Gasteiger partial charge is 0.478 e. The standard InChI is InChI=1S/C14H15ClN4O2/c1-2-21-12-5-9(3-4-18-12)7-19-8-10(15)6-11(13(19)16)14(17)20/h3-6,8,16H,2,7H2,1H3,(H2,17,20). The average molecular weight is 307 g/mol. The molecule has 2 rings (SSSR count). The smallest absolute Gasteiger partial charge is 0.252 e. The highest BCUT2D eigenvalue weighted by Crippen LogP contribution is 2.12. The molecule has 0 saturated carbocycles. The second-order valence-corrected chi connectivity index (χ2v) is 4.78. The third-order valence-corrected chi connectivity index (χ3v) is 3.02. The number of ether oxygens (including phenoxy) is 1. The van der Waals surface area contributed by atoms with Gasteiger partial charge in [0.2, 0.25) is 5.88 Å². The van der Waals surface area contributed by atoms with Crippen LogP contribution in [0.3, 0.4) is 0 Å². The second-order valence-electron chi connectivity index (χ2n) is 4.35. The van der Waals surface area contributed by atoms with Crippen LogP contribution in [0.1, 0.15) is 22.8 Å². The molecule has 0 aliphatic rings. The lowest BCUT2D eigenvalue weighted by atomic mass is 10.2. The van der Waals surface area contributed by atoms with E-state index in [-0.39, 0.29) is 11.1 Å². The number of hydrogen-bond donors (Lipinski definition) is 2. The van der Waals surface area contributed by atoms with E-state index in [9.17, 15) is 4.79 Å². The Morgan fingerprint density at radius 3 is 2.95 bits per heavy atom. The molecule has 2 aromatic heterocycles. The number of carbonyl (C=O) groups is 1. The van der Waals surface area contributed by atoms with Crippen molar-refractivity contribution in [1.82, 2.24) is 9.55 Å². The molecule has 2 heterocycles. The van der Waals surface area contributed by atoms with Gasteiger partial charge in [-0.3, -0.25) is 10.2 Å². The highest BCUT2D eigenvalue weighted by Gasteiger charge is 2.09. The van der Waals surface area contributed by atoms with Crippen molar-refractivity contribution in [2.75, 3.05) is 6.61 Å². The SMILES string of the molecule is CCOc1cc(Cn2cc(Cl)cc(C(N)=O)c2=N)ccn1. The maximum Gasteiger partial charge on any atom is 0.252 e. The number of carbonyl (C=O) groups excluding carboxylic acids is 1. The van der Waals surface area contributed by atoms with E-state index in [0.717, 1.165) is 5.56 Å². The van der Waals surface area contributed by atoms with E-state index in [1.54, 1.807) is 29.1 Å². The summed E-state index contributed by atoms with van der Waals surface area (Å²) in [7, 11) is 0. The Morgan fingerprint density at radius 1 is 1.52 bits per heavy atom. The van der Waals surface area contributed by atoms with Crippen LogP contribution >= 0.6 is 11.6 Å². The summed E-state index contributed by atoms with van der Waals surface area (Å²) in [6, 6.07) is 4.97. The Hall–Kier alpha value is -2.34. The maximum absolute atomic E-state index is 11.3. The third-order valence-electron chi connectivity index (χ3n) is 2.81. The van der Waals surface area contributed by atoms with Crippen LogP contribution in [0.15, 0.2) is 30.6 Å². The van der Waals surface area contributed by atoms with Crippen molar-refractivity contribution in [1.29, 1.82) is 5.41 Å². The summed E-state index contributed by atoms with van der Waals surface area (Å²) in [5.74, 6) is -0.166. The van der Waals surface area contributed by atoms with E-state index in [4.69, 9.17) is 27.5 Å². The zero-order valence-electron chi connectivity index (χ0n) is 11.5. The Morgan fingerprint density at radius 2 is 2.29 bits per heavy atom. The van der Waals surface area contributed by atoms with Gasteiger partial charge in [-0.1, -0.05) is 11.6 Å². The summed E-state index contributed by atoms with van der Waals surface area (Å²) >= 11 is 5.96. The van der Waals surface area contributed by atoms with E-state index < -0.39 is 5.91 Å². The first-order valence-corrected chi connectivity index (χ1v) is 6.71. The molecule has 0 spiro atoms.